The van der Waals surface area contributed by atoms with E-state index in [0.29, 0.717) is 12.8 Å². The summed E-state index contributed by atoms with van der Waals surface area (Å²) in [5.74, 6) is -1.01. The van der Waals surface area contributed by atoms with Gasteiger partial charge in [-0.15, -0.1) is 0 Å². The minimum Gasteiger partial charge on any atom is -0.480 e. The summed E-state index contributed by atoms with van der Waals surface area (Å²) < 4.78 is 0. The van der Waals surface area contributed by atoms with Crippen LogP contribution in [0.5, 0.6) is 0 Å². The number of nitrogens with zero attached hydrogens (tertiary/aromatic N) is 2. The predicted molar refractivity (Wildman–Crippen MR) is 74.9 cm³/mol. The van der Waals surface area contributed by atoms with Crippen molar-refractivity contribution in [2.75, 3.05) is 5.32 Å². The molecule has 0 heterocycles. The standard InChI is InChI=1S/C14H15N3O4/c15-9-10-4-5-12(17(20)21)11(8-10)16-14(13(18)19)6-2-1-3-7-14/h4-5,8,16H,1-3,6-7H2,(H,18,19). The molecule has 1 aromatic carbocycles. The molecule has 1 aliphatic rings. The first-order valence-electron chi connectivity index (χ1n) is 6.69. The van der Waals surface area contributed by atoms with Crippen molar-refractivity contribution in [3.05, 3.63) is 33.9 Å². The van der Waals surface area contributed by atoms with Crippen molar-refractivity contribution in [3.8, 4) is 6.07 Å². The Morgan fingerprint density at radius 2 is 2.05 bits per heavy atom. The number of nitro groups is 1. The Labute approximate surface area is 121 Å². The van der Waals surface area contributed by atoms with Crippen molar-refractivity contribution in [2.24, 2.45) is 0 Å². The van der Waals surface area contributed by atoms with Crippen molar-refractivity contribution in [3.63, 3.8) is 0 Å². The maximum atomic E-state index is 11.6. The van der Waals surface area contributed by atoms with Crippen molar-refractivity contribution in [1.29, 1.82) is 5.26 Å². The molecule has 0 radical (unpaired) electrons. The monoisotopic (exact) mass is 289 g/mol. The summed E-state index contributed by atoms with van der Waals surface area (Å²) in [6, 6.07) is 5.80. The fourth-order valence-corrected chi connectivity index (χ4v) is 2.67. The van der Waals surface area contributed by atoms with Gasteiger partial charge in [-0.25, -0.2) is 4.79 Å². The maximum Gasteiger partial charge on any atom is 0.329 e. The van der Waals surface area contributed by atoms with Gasteiger partial charge < -0.3 is 10.4 Å². The smallest absolute Gasteiger partial charge is 0.329 e. The van der Waals surface area contributed by atoms with Gasteiger partial charge in [0.05, 0.1) is 16.6 Å². The number of nitrogens with one attached hydrogen (secondary N) is 1. The summed E-state index contributed by atoms with van der Waals surface area (Å²) in [5, 5.41) is 32.3. The molecule has 110 valence electrons. The largest absolute Gasteiger partial charge is 0.480 e. The molecule has 0 unspecified atom stereocenters. The number of hydrogen-bond acceptors (Lipinski definition) is 5. The maximum absolute atomic E-state index is 11.6. The first kappa shape index (κ1) is 14.8. The SMILES string of the molecule is N#Cc1ccc([N+](=O)[O-])c(NC2(C(=O)O)CCCCC2)c1. The van der Waals surface area contributed by atoms with Crippen LogP contribution in [0.1, 0.15) is 37.7 Å². The third-order valence-corrected chi connectivity index (χ3v) is 3.81. The third-order valence-electron chi connectivity index (χ3n) is 3.81. The highest BCUT2D eigenvalue weighted by Gasteiger charge is 2.40. The van der Waals surface area contributed by atoms with Gasteiger partial charge in [-0.05, 0) is 25.0 Å². The Kier molecular flexibility index (Phi) is 4.08. The van der Waals surface area contributed by atoms with Crippen LogP contribution in [0.15, 0.2) is 18.2 Å². The molecular formula is C14H15N3O4. The molecule has 7 nitrogen and oxygen atoms in total. The van der Waals surface area contributed by atoms with Gasteiger partial charge in [0, 0.05) is 6.07 Å². The molecule has 0 aromatic heterocycles. The molecule has 0 saturated heterocycles. The number of anilines is 1. The first-order chi connectivity index (χ1) is 9.98. The number of carbonyl (C=O) groups is 1. The molecule has 0 spiro atoms. The van der Waals surface area contributed by atoms with Crippen LogP contribution in [0, 0.1) is 21.4 Å². The zero-order chi connectivity index (χ0) is 15.5. The second kappa shape index (κ2) is 5.79. The number of hydrogen-bond donors (Lipinski definition) is 2. The number of aliphatic carboxylic acids is 1. The Bertz CT molecular complexity index is 615. The first-order valence-corrected chi connectivity index (χ1v) is 6.69. The average molecular weight is 289 g/mol. The van der Waals surface area contributed by atoms with Gasteiger partial charge in [0.1, 0.15) is 11.2 Å². The van der Waals surface area contributed by atoms with Gasteiger partial charge in [-0.2, -0.15) is 5.26 Å². The summed E-state index contributed by atoms with van der Waals surface area (Å²) in [4.78, 5) is 22.1. The van der Waals surface area contributed by atoms with E-state index in [9.17, 15) is 20.0 Å². The van der Waals surface area contributed by atoms with Gasteiger partial charge in [0.2, 0.25) is 0 Å². The normalized spacial score (nSPS) is 16.7. The van der Waals surface area contributed by atoms with E-state index in [4.69, 9.17) is 5.26 Å². The van der Waals surface area contributed by atoms with Crippen LogP contribution < -0.4 is 5.32 Å². The van der Waals surface area contributed by atoms with E-state index in [1.54, 1.807) is 0 Å². The highest BCUT2D eigenvalue weighted by Crippen LogP contribution is 2.35. The summed E-state index contributed by atoms with van der Waals surface area (Å²) in [6.45, 7) is 0. The van der Waals surface area contributed by atoms with E-state index < -0.39 is 16.4 Å². The van der Waals surface area contributed by atoms with E-state index in [1.807, 2.05) is 6.07 Å². The van der Waals surface area contributed by atoms with E-state index in [-0.39, 0.29) is 16.9 Å². The number of nitro benzene ring substituents is 1. The predicted octanol–water partition coefficient (Wildman–Crippen LogP) is 2.67. The van der Waals surface area contributed by atoms with Gasteiger partial charge in [0.15, 0.2) is 0 Å². The Morgan fingerprint density at radius 1 is 1.38 bits per heavy atom. The zero-order valence-corrected chi connectivity index (χ0v) is 11.3. The van der Waals surface area contributed by atoms with E-state index >= 15 is 0 Å². The molecule has 1 saturated carbocycles. The van der Waals surface area contributed by atoms with Crippen molar-refractivity contribution < 1.29 is 14.8 Å². The molecule has 21 heavy (non-hydrogen) atoms. The molecule has 0 aliphatic heterocycles. The lowest BCUT2D eigenvalue weighted by molar-refractivity contribution is -0.384. The summed E-state index contributed by atoms with van der Waals surface area (Å²) >= 11 is 0. The van der Waals surface area contributed by atoms with Gasteiger partial charge >= 0.3 is 5.97 Å². The second-order valence-electron chi connectivity index (χ2n) is 5.17. The zero-order valence-electron chi connectivity index (χ0n) is 11.3. The molecule has 7 heteroatoms. The third kappa shape index (κ3) is 2.94. The molecule has 2 rings (SSSR count). The lowest BCUT2D eigenvalue weighted by atomic mass is 9.81. The molecule has 0 bridgehead atoms. The fourth-order valence-electron chi connectivity index (χ4n) is 2.67. The van der Waals surface area contributed by atoms with Crippen molar-refractivity contribution in [2.45, 2.75) is 37.6 Å². The van der Waals surface area contributed by atoms with E-state index in [2.05, 4.69) is 5.32 Å². The Hall–Kier alpha value is -2.62. The number of rotatable bonds is 4. The van der Waals surface area contributed by atoms with Crippen LogP contribution >= 0.6 is 0 Å². The molecule has 2 N–H and O–H groups in total. The summed E-state index contributed by atoms with van der Waals surface area (Å²) in [6.07, 6.45) is 3.29. The van der Waals surface area contributed by atoms with E-state index in [0.717, 1.165) is 19.3 Å². The quantitative estimate of drug-likeness (QED) is 0.650. The van der Waals surface area contributed by atoms with Crippen LogP contribution in [-0.4, -0.2) is 21.5 Å². The van der Waals surface area contributed by atoms with Crippen LogP contribution in [0.25, 0.3) is 0 Å². The minimum absolute atomic E-state index is 0.0864. The molecular weight excluding hydrogens is 274 g/mol. The molecule has 0 amide bonds. The number of carboxylic acid groups (broad SMARTS) is 1. The lowest BCUT2D eigenvalue weighted by Gasteiger charge is -2.34. The van der Waals surface area contributed by atoms with E-state index in [1.165, 1.54) is 18.2 Å². The van der Waals surface area contributed by atoms with Gasteiger partial charge in [-0.1, -0.05) is 19.3 Å². The van der Waals surface area contributed by atoms with Crippen molar-refractivity contribution in [1.82, 2.24) is 0 Å². The number of carboxylic acids is 1. The molecule has 0 atom stereocenters. The topological polar surface area (TPSA) is 116 Å². The fraction of sp³-hybridized carbons (Fsp3) is 0.429. The number of benzene rings is 1. The second-order valence-corrected chi connectivity index (χ2v) is 5.17. The summed E-state index contributed by atoms with van der Waals surface area (Å²) in [5.41, 5.74) is -1.08. The van der Waals surface area contributed by atoms with Gasteiger partial charge in [-0.3, -0.25) is 10.1 Å². The molecule has 1 aromatic rings. The molecule has 1 aliphatic carbocycles. The van der Waals surface area contributed by atoms with Crippen LogP contribution in [0.3, 0.4) is 0 Å². The highest BCUT2D eigenvalue weighted by atomic mass is 16.6. The average Bonchev–Trinajstić information content (AvgIpc) is 2.47. The number of nitriles is 1. The Balaban J connectivity index is 2.42. The summed E-state index contributed by atoms with van der Waals surface area (Å²) in [7, 11) is 0. The van der Waals surface area contributed by atoms with Crippen LogP contribution in [0.4, 0.5) is 11.4 Å². The minimum atomic E-state index is -1.20. The van der Waals surface area contributed by atoms with Crippen molar-refractivity contribution >= 4 is 17.3 Å². The van der Waals surface area contributed by atoms with Crippen LogP contribution in [-0.2, 0) is 4.79 Å². The van der Waals surface area contributed by atoms with Crippen LogP contribution in [0.2, 0.25) is 0 Å². The lowest BCUT2D eigenvalue weighted by Crippen LogP contribution is -2.48. The Morgan fingerprint density at radius 3 is 2.57 bits per heavy atom. The van der Waals surface area contributed by atoms with Gasteiger partial charge in [0.25, 0.3) is 5.69 Å². The highest BCUT2D eigenvalue weighted by molar-refractivity contribution is 5.84. The molecule has 1 fully saturated rings.